The first-order chi connectivity index (χ1) is 9.10. The highest BCUT2D eigenvalue weighted by Gasteiger charge is 2.50. The Morgan fingerprint density at radius 3 is 2.89 bits per heavy atom. The first-order valence-corrected chi connectivity index (χ1v) is 6.68. The molecule has 0 atom stereocenters. The van der Waals surface area contributed by atoms with Gasteiger partial charge in [-0.2, -0.15) is 0 Å². The molecule has 2 aromatic rings. The number of aromatic amines is 1. The molecule has 3 nitrogen and oxygen atoms in total. The van der Waals surface area contributed by atoms with Gasteiger partial charge in [0.25, 0.3) is 5.91 Å². The molecule has 1 aliphatic carbocycles. The molecule has 0 unspecified atom stereocenters. The van der Waals surface area contributed by atoms with Crippen LogP contribution >= 0.6 is 0 Å². The molecule has 1 aliphatic rings. The molecule has 0 aliphatic heterocycles. The van der Waals surface area contributed by atoms with Gasteiger partial charge in [0.15, 0.2) is 5.67 Å². The maximum Gasteiger partial charge on any atom is 0.257 e. The molecule has 3 rings (SSSR count). The van der Waals surface area contributed by atoms with Crippen molar-refractivity contribution in [1.29, 1.82) is 0 Å². The number of aromatic nitrogens is 1. The number of fused-ring (bicyclic) bond motifs is 1. The van der Waals surface area contributed by atoms with Crippen molar-refractivity contribution < 1.29 is 9.18 Å². The molecule has 2 N–H and O–H groups in total. The van der Waals surface area contributed by atoms with E-state index in [1.165, 1.54) is 5.56 Å². The lowest BCUT2D eigenvalue weighted by atomic mass is 10.1. The lowest BCUT2D eigenvalue weighted by Gasteiger charge is -2.05. The molecule has 0 spiro atoms. The summed E-state index contributed by atoms with van der Waals surface area (Å²) in [5.74, 6) is -0.486. The minimum atomic E-state index is -1.60. The number of aryl methyl sites for hydroxylation is 1. The summed E-state index contributed by atoms with van der Waals surface area (Å²) in [5.41, 5.74) is 1.64. The van der Waals surface area contributed by atoms with E-state index in [1.807, 2.05) is 6.07 Å². The van der Waals surface area contributed by atoms with Crippen LogP contribution in [0.4, 0.5) is 4.39 Å². The number of hydrogen-bond acceptors (Lipinski definition) is 1. The number of halogens is 1. The molecule has 1 amide bonds. The van der Waals surface area contributed by atoms with E-state index in [1.54, 1.807) is 0 Å². The van der Waals surface area contributed by atoms with Crippen LogP contribution in [0.1, 0.15) is 31.0 Å². The molecule has 1 saturated carbocycles. The number of amides is 1. The fourth-order valence-electron chi connectivity index (χ4n) is 2.22. The van der Waals surface area contributed by atoms with Crippen molar-refractivity contribution in [3.63, 3.8) is 0 Å². The van der Waals surface area contributed by atoms with E-state index in [-0.39, 0.29) is 0 Å². The van der Waals surface area contributed by atoms with Gasteiger partial charge in [0.05, 0.1) is 6.54 Å². The zero-order valence-corrected chi connectivity index (χ0v) is 10.9. The fourth-order valence-corrected chi connectivity index (χ4v) is 2.22. The SMILES string of the molecule is CCc1ccc2cc(CNC(=O)C3(F)CC3)[nH]c2c1. The maximum absolute atomic E-state index is 13.5. The van der Waals surface area contributed by atoms with E-state index in [2.05, 4.69) is 35.4 Å². The zero-order chi connectivity index (χ0) is 13.5. The van der Waals surface area contributed by atoms with Crippen LogP contribution in [0.15, 0.2) is 24.3 Å². The zero-order valence-electron chi connectivity index (χ0n) is 10.9. The summed E-state index contributed by atoms with van der Waals surface area (Å²) < 4.78 is 13.5. The Hall–Kier alpha value is -1.84. The van der Waals surface area contributed by atoms with Crippen molar-refractivity contribution in [1.82, 2.24) is 10.3 Å². The van der Waals surface area contributed by atoms with Crippen molar-refractivity contribution in [2.45, 2.75) is 38.4 Å². The molecule has 4 heteroatoms. The van der Waals surface area contributed by atoms with Gasteiger partial charge in [-0.15, -0.1) is 0 Å². The maximum atomic E-state index is 13.5. The first kappa shape index (κ1) is 12.2. The van der Waals surface area contributed by atoms with Crippen molar-refractivity contribution >= 4 is 16.8 Å². The number of hydrogen-bond donors (Lipinski definition) is 2. The number of nitrogens with one attached hydrogen (secondary N) is 2. The van der Waals surface area contributed by atoms with Gasteiger partial charge in [0, 0.05) is 11.2 Å². The summed E-state index contributed by atoms with van der Waals surface area (Å²) in [6.07, 6.45) is 1.70. The predicted molar refractivity (Wildman–Crippen MR) is 72.6 cm³/mol. The molecule has 0 radical (unpaired) electrons. The molecule has 100 valence electrons. The highest BCUT2D eigenvalue weighted by molar-refractivity contribution is 5.88. The minimum Gasteiger partial charge on any atom is -0.357 e. The fraction of sp³-hybridized carbons (Fsp3) is 0.400. The first-order valence-electron chi connectivity index (χ1n) is 6.68. The van der Waals surface area contributed by atoms with E-state index >= 15 is 0 Å². The monoisotopic (exact) mass is 260 g/mol. The Morgan fingerprint density at radius 2 is 2.21 bits per heavy atom. The molecule has 1 aromatic heterocycles. The highest BCUT2D eigenvalue weighted by Crippen LogP contribution is 2.39. The number of H-pyrrole nitrogens is 1. The second kappa shape index (κ2) is 4.37. The Bertz CT molecular complexity index is 628. The Labute approximate surface area is 111 Å². The molecular weight excluding hydrogens is 243 g/mol. The van der Waals surface area contributed by atoms with Crippen molar-refractivity contribution in [3.05, 3.63) is 35.5 Å². The largest absolute Gasteiger partial charge is 0.357 e. The number of benzene rings is 1. The number of carbonyl (C=O) groups excluding carboxylic acids is 1. The van der Waals surface area contributed by atoms with Gasteiger partial charge in [-0.3, -0.25) is 4.79 Å². The Balaban J connectivity index is 1.72. The van der Waals surface area contributed by atoms with E-state index in [4.69, 9.17) is 0 Å². The molecule has 19 heavy (non-hydrogen) atoms. The standard InChI is InChI=1S/C15H17FN2O/c1-2-10-3-4-11-8-12(18-13(11)7-10)9-17-14(19)15(16)5-6-15/h3-4,7-8,18H,2,5-6,9H2,1H3,(H,17,19). The topological polar surface area (TPSA) is 44.9 Å². The summed E-state index contributed by atoms with van der Waals surface area (Å²) in [7, 11) is 0. The predicted octanol–water partition coefficient (Wildman–Crippen LogP) is 2.85. The second-order valence-corrected chi connectivity index (χ2v) is 5.22. The van der Waals surface area contributed by atoms with Crippen LogP contribution < -0.4 is 5.32 Å². The number of rotatable bonds is 4. The normalized spacial score (nSPS) is 16.5. The van der Waals surface area contributed by atoms with Gasteiger partial charge in [0.2, 0.25) is 0 Å². The Morgan fingerprint density at radius 1 is 1.42 bits per heavy atom. The molecular formula is C15H17FN2O. The van der Waals surface area contributed by atoms with Gasteiger partial charge in [-0.25, -0.2) is 4.39 Å². The quantitative estimate of drug-likeness (QED) is 0.872. The molecule has 1 heterocycles. The molecule has 1 fully saturated rings. The smallest absolute Gasteiger partial charge is 0.257 e. The summed E-state index contributed by atoms with van der Waals surface area (Å²) in [4.78, 5) is 14.8. The van der Waals surface area contributed by atoms with Gasteiger partial charge in [-0.1, -0.05) is 19.1 Å². The molecule has 0 bridgehead atoms. The average molecular weight is 260 g/mol. The van der Waals surface area contributed by atoms with Crippen LogP contribution in [0.25, 0.3) is 10.9 Å². The third-order valence-electron chi connectivity index (χ3n) is 3.69. The van der Waals surface area contributed by atoms with Crippen LogP contribution in [0.5, 0.6) is 0 Å². The van der Waals surface area contributed by atoms with Gasteiger partial charge in [0.1, 0.15) is 0 Å². The van der Waals surface area contributed by atoms with E-state index < -0.39 is 11.6 Å². The van der Waals surface area contributed by atoms with Gasteiger partial charge < -0.3 is 10.3 Å². The summed E-state index contributed by atoms with van der Waals surface area (Å²) in [6, 6.07) is 8.26. The number of carbonyl (C=O) groups is 1. The van der Waals surface area contributed by atoms with Crippen LogP contribution in [0.3, 0.4) is 0 Å². The van der Waals surface area contributed by atoms with Crippen molar-refractivity contribution in [2.75, 3.05) is 0 Å². The van der Waals surface area contributed by atoms with Gasteiger partial charge in [-0.05, 0) is 42.3 Å². The van der Waals surface area contributed by atoms with E-state index in [0.717, 1.165) is 23.0 Å². The van der Waals surface area contributed by atoms with Crippen LogP contribution in [0.2, 0.25) is 0 Å². The summed E-state index contributed by atoms with van der Waals surface area (Å²) >= 11 is 0. The lowest BCUT2D eigenvalue weighted by molar-refractivity contribution is -0.127. The van der Waals surface area contributed by atoms with Crippen LogP contribution in [-0.2, 0) is 17.8 Å². The average Bonchev–Trinajstić information content (AvgIpc) is 3.04. The number of alkyl halides is 1. The van der Waals surface area contributed by atoms with E-state index in [0.29, 0.717) is 19.4 Å². The van der Waals surface area contributed by atoms with Gasteiger partial charge >= 0.3 is 0 Å². The molecule has 0 saturated heterocycles. The van der Waals surface area contributed by atoms with Crippen LogP contribution in [-0.4, -0.2) is 16.6 Å². The summed E-state index contributed by atoms with van der Waals surface area (Å²) in [5, 5.41) is 3.76. The van der Waals surface area contributed by atoms with E-state index in [9.17, 15) is 9.18 Å². The molecule has 1 aromatic carbocycles. The Kier molecular flexibility index (Phi) is 2.81. The summed E-state index contributed by atoms with van der Waals surface area (Å²) in [6.45, 7) is 2.46. The van der Waals surface area contributed by atoms with Crippen molar-refractivity contribution in [3.8, 4) is 0 Å². The highest BCUT2D eigenvalue weighted by atomic mass is 19.1. The lowest BCUT2D eigenvalue weighted by Crippen LogP contribution is -2.32. The third kappa shape index (κ3) is 2.35. The third-order valence-corrected chi connectivity index (χ3v) is 3.69. The van der Waals surface area contributed by atoms with Crippen LogP contribution in [0, 0.1) is 0 Å². The second-order valence-electron chi connectivity index (χ2n) is 5.22. The van der Waals surface area contributed by atoms with Crippen molar-refractivity contribution in [2.24, 2.45) is 0 Å². The minimum absolute atomic E-state index is 0.348.